The van der Waals surface area contributed by atoms with Crippen LogP contribution in [0.1, 0.15) is 20.3 Å². The van der Waals surface area contributed by atoms with Gasteiger partial charge in [-0.15, -0.1) is 0 Å². The first-order chi connectivity index (χ1) is 4.24. The third-order valence-electron chi connectivity index (χ3n) is 1.51. The Bertz CT molecular complexity index is 160. The van der Waals surface area contributed by atoms with Crippen LogP contribution < -0.4 is 5.32 Å². The molecular weight excluding hydrogens is 114 g/mol. The van der Waals surface area contributed by atoms with Crippen molar-refractivity contribution in [3.63, 3.8) is 0 Å². The van der Waals surface area contributed by atoms with Crippen LogP contribution in [-0.4, -0.2) is 11.8 Å². The van der Waals surface area contributed by atoms with E-state index in [2.05, 4.69) is 5.32 Å². The molecule has 0 aromatic rings. The van der Waals surface area contributed by atoms with E-state index in [1.807, 2.05) is 13.8 Å². The van der Waals surface area contributed by atoms with Gasteiger partial charge in [-0.05, 0) is 13.3 Å². The van der Waals surface area contributed by atoms with Crippen LogP contribution in [0.5, 0.6) is 0 Å². The lowest BCUT2D eigenvalue weighted by Gasteiger charge is -2.05. The monoisotopic (exact) mass is 125 g/mol. The fraction of sp³-hybridized carbons (Fsp3) is 0.571. The molecule has 0 aliphatic carbocycles. The summed E-state index contributed by atoms with van der Waals surface area (Å²) >= 11 is 0. The first kappa shape index (κ1) is 6.33. The number of nitrogens with one attached hydrogen (secondary N) is 1. The van der Waals surface area contributed by atoms with Crippen molar-refractivity contribution in [1.29, 1.82) is 0 Å². The lowest BCUT2D eigenvalue weighted by molar-refractivity contribution is -0.115. The zero-order chi connectivity index (χ0) is 6.85. The molecule has 0 aromatic heterocycles. The summed E-state index contributed by atoms with van der Waals surface area (Å²) in [6, 6.07) is 0.0602. The van der Waals surface area contributed by atoms with Crippen LogP contribution in [0.3, 0.4) is 0 Å². The molecule has 50 valence electrons. The number of hydrogen-bond donors (Lipinski definition) is 1. The summed E-state index contributed by atoms with van der Waals surface area (Å²) in [6.07, 6.45) is 2.54. The van der Waals surface area contributed by atoms with E-state index >= 15 is 0 Å². The molecule has 1 heterocycles. The standard InChI is InChI=1S/C7H11NO/c1-3-6-7(9)4-5(2)8-6/h4,6,8H,3H2,1-2H3. The SMILES string of the molecule is CCC1NC(C)=CC1=O. The van der Waals surface area contributed by atoms with Gasteiger partial charge in [-0.25, -0.2) is 0 Å². The third-order valence-corrected chi connectivity index (χ3v) is 1.51. The predicted octanol–water partition coefficient (Wildman–Crippen LogP) is 0.841. The first-order valence-corrected chi connectivity index (χ1v) is 3.22. The van der Waals surface area contributed by atoms with Gasteiger partial charge < -0.3 is 5.32 Å². The second-order valence-corrected chi connectivity index (χ2v) is 2.33. The smallest absolute Gasteiger partial charge is 0.179 e. The molecule has 1 N–H and O–H groups in total. The van der Waals surface area contributed by atoms with Crippen LogP contribution in [0.15, 0.2) is 11.8 Å². The molecule has 0 bridgehead atoms. The number of rotatable bonds is 1. The van der Waals surface area contributed by atoms with Gasteiger partial charge in [0.25, 0.3) is 0 Å². The summed E-state index contributed by atoms with van der Waals surface area (Å²) in [5.41, 5.74) is 0.992. The van der Waals surface area contributed by atoms with Crippen molar-refractivity contribution in [3.05, 3.63) is 11.8 Å². The highest BCUT2D eigenvalue weighted by atomic mass is 16.1. The molecule has 0 fully saturated rings. The Morgan fingerprint density at radius 2 is 2.44 bits per heavy atom. The molecule has 1 aliphatic heterocycles. The van der Waals surface area contributed by atoms with Gasteiger partial charge in [0, 0.05) is 11.8 Å². The second-order valence-electron chi connectivity index (χ2n) is 2.33. The van der Waals surface area contributed by atoms with E-state index in [0.29, 0.717) is 0 Å². The Hall–Kier alpha value is -0.790. The second kappa shape index (κ2) is 2.21. The van der Waals surface area contributed by atoms with Crippen LogP contribution in [0.25, 0.3) is 0 Å². The van der Waals surface area contributed by atoms with E-state index in [1.165, 1.54) is 0 Å². The lowest BCUT2D eigenvalue weighted by Crippen LogP contribution is -2.26. The third kappa shape index (κ3) is 1.12. The Labute approximate surface area is 54.9 Å². The van der Waals surface area contributed by atoms with Gasteiger partial charge in [-0.2, -0.15) is 0 Å². The molecule has 1 unspecified atom stereocenters. The molecular formula is C7H11NO. The normalized spacial score (nSPS) is 25.8. The molecule has 2 nitrogen and oxygen atoms in total. The number of allylic oxidation sites excluding steroid dienone is 1. The van der Waals surface area contributed by atoms with E-state index < -0.39 is 0 Å². The van der Waals surface area contributed by atoms with Crippen molar-refractivity contribution < 1.29 is 4.79 Å². The van der Waals surface area contributed by atoms with E-state index in [0.717, 1.165) is 12.1 Å². The topological polar surface area (TPSA) is 29.1 Å². The summed E-state index contributed by atoms with van der Waals surface area (Å²) in [6.45, 7) is 3.91. The highest BCUT2D eigenvalue weighted by Crippen LogP contribution is 2.06. The predicted molar refractivity (Wildman–Crippen MR) is 36.0 cm³/mol. The molecule has 1 atom stereocenters. The van der Waals surface area contributed by atoms with Crippen LogP contribution in [0, 0.1) is 0 Å². The average Bonchev–Trinajstić information content (AvgIpc) is 2.10. The fourth-order valence-corrected chi connectivity index (χ4v) is 1.00. The van der Waals surface area contributed by atoms with Crippen molar-refractivity contribution >= 4 is 5.78 Å². The highest BCUT2D eigenvalue weighted by Gasteiger charge is 2.19. The van der Waals surface area contributed by atoms with Crippen LogP contribution >= 0.6 is 0 Å². The van der Waals surface area contributed by atoms with Gasteiger partial charge >= 0.3 is 0 Å². The molecule has 0 aromatic carbocycles. The summed E-state index contributed by atoms with van der Waals surface area (Å²) in [5.74, 6) is 0.218. The molecule has 9 heavy (non-hydrogen) atoms. The summed E-state index contributed by atoms with van der Waals surface area (Å²) < 4.78 is 0. The number of ketones is 1. The van der Waals surface area contributed by atoms with Crippen LogP contribution in [0.4, 0.5) is 0 Å². The van der Waals surface area contributed by atoms with E-state index in [-0.39, 0.29) is 11.8 Å². The van der Waals surface area contributed by atoms with Crippen molar-refractivity contribution in [1.82, 2.24) is 5.32 Å². The zero-order valence-corrected chi connectivity index (χ0v) is 5.77. The van der Waals surface area contributed by atoms with Gasteiger partial charge in [0.05, 0.1) is 6.04 Å². The maximum Gasteiger partial charge on any atom is 0.179 e. The minimum absolute atomic E-state index is 0.0602. The van der Waals surface area contributed by atoms with Gasteiger partial charge in [0.2, 0.25) is 0 Å². The van der Waals surface area contributed by atoms with Crippen molar-refractivity contribution in [2.45, 2.75) is 26.3 Å². The summed E-state index contributed by atoms with van der Waals surface area (Å²) in [4.78, 5) is 10.9. The molecule has 0 saturated heterocycles. The molecule has 0 spiro atoms. The van der Waals surface area contributed by atoms with Crippen molar-refractivity contribution in [3.8, 4) is 0 Å². The van der Waals surface area contributed by atoms with Gasteiger partial charge in [0.1, 0.15) is 0 Å². The highest BCUT2D eigenvalue weighted by molar-refractivity contribution is 5.97. The number of carbonyl (C=O) groups excluding carboxylic acids is 1. The quantitative estimate of drug-likeness (QED) is 0.562. The Kier molecular flexibility index (Phi) is 1.56. The number of carbonyl (C=O) groups is 1. The van der Waals surface area contributed by atoms with E-state index in [4.69, 9.17) is 0 Å². The van der Waals surface area contributed by atoms with Crippen LogP contribution in [-0.2, 0) is 4.79 Å². The summed E-state index contributed by atoms with van der Waals surface area (Å²) in [7, 11) is 0. The Balaban J connectivity index is 2.60. The Morgan fingerprint density at radius 3 is 2.67 bits per heavy atom. The Morgan fingerprint density at radius 1 is 1.78 bits per heavy atom. The lowest BCUT2D eigenvalue weighted by atomic mass is 10.2. The average molecular weight is 125 g/mol. The minimum Gasteiger partial charge on any atom is -0.378 e. The maximum absolute atomic E-state index is 10.9. The molecule has 1 aliphatic rings. The summed E-state index contributed by atoms with van der Waals surface area (Å²) in [5, 5.41) is 3.06. The minimum atomic E-state index is 0.0602. The van der Waals surface area contributed by atoms with Gasteiger partial charge in [0.15, 0.2) is 5.78 Å². The van der Waals surface area contributed by atoms with Crippen LogP contribution in [0.2, 0.25) is 0 Å². The molecule has 0 radical (unpaired) electrons. The van der Waals surface area contributed by atoms with E-state index in [1.54, 1.807) is 6.08 Å². The fourth-order valence-electron chi connectivity index (χ4n) is 1.00. The van der Waals surface area contributed by atoms with Gasteiger partial charge in [-0.3, -0.25) is 4.79 Å². The van der Waals surface area contributed by atoms with Crippen molar-refractivity contribution in [2.24, 2.45) is 0 Å². The first-order valence-electron chi connectivity index (χ1n) is 3.22. The van der Waals surface area contributed by atoms with E-state index in [9.17, 15) is 4.79 Å². The molecule has 0 amide bonds. The molecule has 2 heteroatoms. The largest absolute Gasteiger partial charge is 0.378 e. The molecule has 0 saturated carbocycles. The van der Waals surface area contributed by atoms with Crippen molar-refractivity contribution in [2.75, 3.05) is 0 Å². The van der Waals surface area contributed by atoms with Gasteiger partial charge in [-0.1, -0.05) is 6.92 Å². The number of hydrogen-bond acceptors (Lipinski definition) is 2. The zero-order valence-electron chi connectivity index (χ0n) is 5.77. The molecule has 1 rings (SSSR count). The maximum atomic E-state index is 10.9.